The molecule has 5 nitrogen and oxygen atoms in total. The Morgan fingerprint density at radius 2 is 1.47 bits per heavy atom. The van der Waals surface area contributed by atoms with E-state index in [-0.39, 0.29) is 11.6 Å². The molecule has 0 amide bonds. The Balaban J connectivity index is 1.32. The molecule has 3 aliphatic rings. The van der Waals surface area contributed by atoms with Gasteiger partial charge in [0.05, 0.1) is 7.11 Å². The van der Waals surface area contributed by atoms with Gasteiger partial charge in [-0.15, -0.1) is 0 Å². The molecule has 30 heavy (non-hydrogen) atoms. The number of carbonyl (C=O) groups excluding carboxylic acids is 2. The Morgan fingerprint density at radius 1 is 0.867 bits per heavy atom. The first-order valence-electron chi connectivity index (χ1n) is 10.9. The molecular formula is C25H27NO4. The first-order valence-corrected chi connectivity index (χ1v) is 10.9. The molecule has 5 heteroatoms. The number of methoxy groups -OCH3 is 1. The number of hydrogen-bond donors (Lipinski definition) is 0. The predicted molar refractivity (Wildman–Crippen MR) is 114 cm³/mol. The molecule has 0 N–H and O–H groups in total. The first-order chi connectivity index (χ1) is 14.6. The Bertz CT molecular complexity index is 1010. The quantitative estimate of drug-likeness (QED) is 0.710. The number of ether oxygens (including phenoxy) is 2. The minimum atomic E-state index is -0.997. The maximum atomic E-state index is 13.3. The lowest BCUT2D eigenvalue weighted by Crippen LogP contribution is -2.34. The van der Waals surface area contributed by atoms with Gasteiger partial charge in [0.2, 0.25) is 0 Å². The molecule has 0 saturated carbocycles. The first kappa shape index (κ1) is 19.3. The smallest absolute Gasteiger partial charge is 0.177 e. The summed E-state index contributed by atoms with van der Waals surface area (Å²) in [5.41, 5.74) is 2.13. The van der Waals surface area contributed by atoms with Crippen LogP contribution in [0.4, 0.5) is 0 Å². The number of piperidine rings is 1. The SMILES string of the molecule is COc1ccc2c(c1)CC1(Cc3cc(OCCN4CCCCC4)ccc3C1=O)C2=O. The summed E-state index contributed by atoms with van der Waals surface area (Å²) in [6, 6.07) is 11.1. The van der Waals surface area contributed by atoms with Crippen molar-refractivity contribution in [1.29, 1.82) is 0 Å². The third-order valence-electron chi connectivity index (χ3n) is 6.86. The normalized spacial score (nSPS) is 23.0. The highest BCUT2D eigenvalue weighted by atomic mass is 16.5. The Morgan fingerprint density at radius 3 is 2.10 bits per heavy atom. The molecule has 2 aromatic rings. The summed E-state index contributed by atoms with van der Waals surface area (Å²) in [7, 11) is 1.61. The van der Waals surface area contributed by atoms with Crippen LogP contribution in [-0.4, -0.2) is 49.8 Å². The maximum Gasteiger partial charge on any atom is 0.177 e. The summed E-state index contributed by atoms with van der Waals surface area (Å²) >= 11 is 0. The highest BCUT2D eigenvalue weighted by Gasteiger charge is 2.55. The lowest BCUT2D eigenvalue weighted by Gasteiger charge is -2.26. The Labute approximate surface area is 177 Å². The van der Waals surface area contributed by atoms with Crippen molar-refractivity contribution in [2.75, 3.05) is 33.4 Å². The molecule has 5 rings (SSSR count). The summed E-state index contributed by atoms with van der Waals surface area (Å²) in [5, 5.41) is 0. The third kappa shape index (κ3) is 3.12. The predicted octanol–water partition coefficient (Wildman–Crippen LogP) is 3.72. The number of benzene rings is 2. The minimum absolute atomic E-state index is 0.0578. The fraction of sp³-hybridized carbons (Fsp3) is 0.440. The number of likely N-dealkylation sites (tertiary alicyclic amines) is 1. The fourth-order valence-electron chi connectivity index (χ4n) is 5.22. The Hall–Kier alpha value is -2.66. The lowest BCUT2D eigenvalue weighted by atomic mass is 9.80. The second-order valence-electron chi connectivity index (χ2n) is 8.69. The second-order valence-corrected chi connectivity index (χ2v) is 8.69. The summed E-state index contributed by atoms with van der Waals surface area (Å²) in [4.78, 5) is 29.0. The van der Waals surface area contributed by atoms with Crippen molar-refractivity contribution in [3.8, 4) is 11.5 Å². The van der Waals surface area contributed by atoms with Crippen LogP contribution in [0.2, 0.25) is 0 Å². The molecule has 0 radical (unpaired) electrons. The van der Waals surface area contributed by atoms with E-state index in [1.165, 1.54) is 19.3 Å². The van der Waals surface area contributed by atoms with Gasteiger partial charge >= 0.3 is 0 Å². The largest absolute Gasteiger partial charge is 0.497 e. The third-order valence-corrected chi connectivity index (χ3v) is 6.86. The van der Waals surface area contributed by atoms with Crippen molar-refractivity contribution in [1.82, 2.24) is 4.90 Å². The molecule has 2 aliphatic carbocycles. The summed E-state index contributed by atoms with van der Waals surface area (Å²) < 4.78 is 11.3. The van der Waals surface area contributed by atoms with Gasteiger partial charge in [0.1, 0.15) is 23.5 Å². The average Bonchev–Trinajstić information content (AvgIpc) is 3.21. The molecule has 1 fully saturated rings. The van der Waals surface area contributed by atoms with Crippen molar-refractivity contribution in [3.63, 3.8) is 0 Å². The van der Waals surface area contributed by atoms with Crippen LogP contribution in [-0.2, 0) is 12.8 Å². The summed E-state index contributed by atoms with van der Waals surface area (Å²) in [5.74, 6) is 1.37. The van der Waals surface area contributed by atoms with E-state index < -0.39 is 5.41 Å². The summed E-state index contributed by atoms with van der Waals surface area (Å²) in [6.45, 7) is 3.87. The van der Waals surface area contributed by atoms with Gasteiger partial charge in [-0.05, 0) is 86.3 Å². The number of hydrogen-bond acceptors (Lipinski definition) is 5. The number of rotatable bonds is 5. The van der Waals surface area contributed by atoms with Gasteiger partial charge in [-0.25, -0.2) is 0 Å². The van der Waals surface area contributed by atoms with Crippen molar-refractivity contribution < 1.29 is 19.1 Å². The summed E-state index contributed by atoms with van der Waals surface area (Å²) in [6.07, 6.45) is 4.75. The van der Waals surface area contributed by atoms with Gasteiger partial charge in [-0.2, -0.15) is 0 Å². The molecular weight excluding hydrogens is 378 g/mol. The van der Waals surface area contributed by atoms with Gasteiger partial charge < -0.3 is 9.47 Å². The van der Waals surface area contributed by atoms with Crippen LogP contribution in [0, 0.1) is 5.41 Å². The van der Waals surface area contributed by atoms with Crippen molar-refractivity contribution in [2.45, 2.75) is 32.1 Å². The molecule has 2 aromatic carbocycles. The number of nitrogens with zero attached hydrogens (tertiary/aromatic N) is 1. The number of fused-ring (bicyclic) bond motifs is 2. The Kier molecular flexibility index (Phi) is 4.86. The zero-order chi connectivity index (χ0) is 20.7. The standard InChI is InChI=1S/C25H27NO4/c1-29-19-5-7-21-17(13-19)15-25(23(21)27)16-18-14-20(6-8-22(18)24(25)28)30-12-11-26-9-3-2-4-10-26/h5-8,13-14H,2-4,9-12,15-16H2,1H3. The van der Waals surface area contributed by atoms with E-state index in [1.54, 1.807) is 19.2 Å². The van der Waals surface area contributed by atoms with Crippen LogP contribution < -0.4 is 9.47 Å². The van der Waals surface area contributed by atoms with Crippen LogP contribution in [0.1, 0.15) is 51.1 Å². The van der Waals surface area contributed by atoms with E-state index in [0.29, 0.717) is 36.3 Å². The number of ketones is 2. The number of carbonyl (C=O) groups is 2. The molecule has 0 bridgehead atoms. The molecule has 1 atom stereocenters. The van der Waals surface area contributed by atoms with Crippen LogP contribution in [0.3, 0.4) is 0 Å². The van der Waals surface area contributed by atoms with E-state index in [1.807, 2.05) is 24.3 Å². The van der Waals surface area contributed by atoms with E-state index in [0.717, 1.165) is 36.5 Å². The molecule has 1 spiro atoms. The highest BCUT2D eigenvalue weighted by molar-refractivity contribution is 6.24. The van der Waals surface area contributed by atoms with Gasteiger partial charge in [0.15, 0.2) is 11.6 Å². The maximum absolute atomic E-state index is 13.3. The second kappa shape index (κ2) is 7.55. The fourth-order valence-corrected chi connectivity index (χ4v) is 5.22. The average molecular weight is 405 g/mol. The van der Waals surface area contributed by atoms with Crippen LogP contribution in [0.15, 0.2) is 36.4 Å². The molecule has 1 aliphatic heterocycles. The van der Waals surface area contributed by atoms with E-state index >= 15 is 0 Å². The van der Waals surface area contributed by atoms with Gasteiger partial charge in [0.25, 0.3) is 0 Å². The van der Waals surface area contributed by atoms with E-state index in [2.05, 4.69) is 4.90 Å². The zero-order valence-corrected chi connectivity index (χ0v) is 17.4. The molecule has 1 saturated heterocycles. The van der Waals surface area contributed by atoms with E-state index in [9.17, 15) is 9.59 Å². The molecule has 156 valence electrons. The van der Waals surface area contributed by atoms with Crippen molar-refractivity contribution in [2.24, 2.45) is 5.41 Å². The van der Waals surface area contributed by atoms with E-state index in [4.69, 9.17) is 9.47 Å². The molecule has 1 heterocycles. The lowest BCUT2D eigenvalue weighted by molar-refractivity contribution is 0.0705. The zero-order valence-electron chi connectivity index (χ0n) is 17.4. The van der Waals surface area contributed by atoms with Crippen LogP contribution in [0.5, 0.6) is 11.5 Å². The van der Waals surface area contributed by atoms with Crippen LogP contribution >= 0.6 is 0 Å². The van der Waals surface area contributed by atoms with Gasteiger partial charge in [0, 0.05) is 17.7 Å². The molecule has 0 aromatic heterocycles. The van der Waals surface area contributed by atoms with Gasteiger partial charge in [-0.3, -0.25) is 14.5 Å². The number of Topliss-reactive ketones (excluding diaryl/α,β-unsaturated/α-hetero) is 2. The minimum Gasteiger partial charge on any atom is -0.497 e. The van der Waals surface area contributed by atoms with Crippen LogP contribution in [0.25, 0.3) is 0 Å². The van der Waals surface area contributed by atoms with Crippen molar-refractivity contribution in [3.05, 3.63) is 58.7 Å². The van der Waals surface area contributed by atoms with Crippen molar-refractivity contribution >= 4 is 11.6 Å². The topological polar surface area (TPSA) is 55.8 Å². The van der Waals surface area contributed by atoms with Gasteiger partial charge in [-0.1, -0.05) is 6.42 Å². The molecule has 1 unspecified atom stereocenters. The highest BCUT2D eigenvalue weighted by Crippen LogP contribution is 2.48. The monoisotopic (exact) mass is 405 g/mol.